The molecule has 1 amide bonds. The van der Waals surface area contributed by atoms with Crippen molar-refractivity contribution in [3.05, 3.63) is 0 Å². The van der Waals surface area contributed by atoms with Gasteiger partial charge in [-0.3, -0.25) is 4.90 Å². The van der Waals surface area contributed by atoms with Crippen LogP contribution >= 0.6 is 0 Å². The zero-order valence-corrected chi connectivity index (χ0v) is 8.25. The Labute approximate surface area is 86.2 Å². The molecule has 1 aliphatic heterocycles. The second-order valence-corrected chi connectivity index (χ2v) is 4.35. The molecular weight excluding hydrogens is 206 g/mol. The molecule has 0 atom stereocenters. The third kappa shape index (κ3) is 2.37. The first kappa shape index (κ1) is 10.6. The van der Waals surface area contributed by atoms with Gasteiger partial charge in [-0.05, 0) is 12.8 Å². The van der Waals surface area contributed by atoms with E-state index in [1.807, 2.05) is 0 Å². The predicted molar refractivity (Wildman–Crippen MR) is 49.1 cm³/mol. The van der Waals surface area contributed by atoms with Crippen molar-refractivity contribution in [2.45, 2.75) is 37.3 Å². The lowest BCUT2D eigenvalue weighted by atomic mass is 9.86. The first-order valence-electron chi connectivity index (χ1n) is 5.08. The second-order valence-electron chi connectivity index (χ2n) is 4.35. The highest BCUT2D eigenvalue weighted by atomic mass is 19.3. The number of alkyl halides is 2. The van der Waals surface area contributed by atoms with E-state index in [1.54, 1.807) is 4.90 Å². The van der Waals surface area contributed by atoms with Crippen molar-refractivity contribution in [3.63, 3.8) is 0 Å². The Kier molecular flexibility index (Phi) is 2.54. The molecule has 86 valence electrons. The maximum absolute atomic E-state index is 12.9. The van der Waals surface area contributed by atoms with E-state index in [0.29, 0.717) is 19.4 Å². The number of carboxylic acid groups (broad SMARTS) is 1. The van der Waals surface area contributed by atoms with Crippen LogP contribution < -0.4 is 5.32 Å². The Balaban J connectivity index is 1.74. The van der Waals surface area contributed by atoms with Crippen LogP contribution in [0.4, 0.5) is 13.6 Å². The van der Waals surface area contributed by atoms with Crippen molar-refractivity contribution < 1.29 is 18.7 Å². The molecule has 1 aliphatic carbocycles. The first-order chi connectivity index (χ1) is 6.96. The number of nitrogens with one attached hydrogen (secondary N) is 1. The fourth-order valence-electron chi connectivity index (χ4n) is 2.25. The average molecular weight is 220 g/mol. The Morgan fingerprint density at radius 1 is 1.47 bits per heavy atom. The van der Waals surface area contributed by atoms with Gasteiger partial charge in [0.05, 0.1) is 6.54 Å². The van der Waals surface area contributed by atoms with Crippen LogP contribution in [0.1, 0.15) is 19.3 Å². The molecule has 0 aromatic carbocycles. The molecule has 1 heterocycles. The lowest BCUT2D eigenvalue weighted by Crippen LogP contribution is -2.53. The van der Waals surface area contributed by atoms with Gasteiger partial charge in [-0.2, -0.15) is 0 Å². The highest BCUT2D eigenvalue weighted by Crippen LogP contribution is 2.34. The van der Waals surface area contributed by atoms with Crippen LogP contribution in [0.3, 0.4) is 0 Å². The summed E-state index contributed by atoms with van der Waals surface area (Å²) in [6, 6.07) is 0.0805. The number of carbonyl (C=O) groups is 1. The van der Waals surface area contributed by atoms with Crippen LogP contribution in [0.25, 0.3) is 0 Å². The Bertz CT molecular complexity index is 267. The molecule has 4 nitrogen and oxygen atoms in total. The molecule has 0 unspecified atom stereocenters. The summed E-state index contributed by atoms with van der Waals surface area (Å²) < 4.78 is 25.7. The van der Waals surface area contributed by atoms with Gasteiger partial charge >= 0.3 is 6.09 Å². The summed E-state index contributed by atoms with van der Waals surface area (Å²) >= 11 is 0. The maximum Gasteiger partial charge on any atom is 0.404 e. The van der Waals surface area contributed by atoms with E-state index in [9.17, 15) is 13.6 Å². The quantitative estimate of drug-likeness (QED) is 0.733. The van der Waals surface area contributed by atoms with Gasteiger partial charge in [0.1, 0.15) is 0 Å². The van der Waals surface area contributed by atoms with E-state index < -0.39 is 12.0 Å². The minimum Gasteiger partial charge on any atom is -0.465 e. The van der Waals surface area contributed by atoms with Crippen LogP contribution in [0.5, 0.6) is 0 Å². The number of likely N-dealkylation sites (tertiary alicyclic amines) is 1. The highest BCUT2D eigenvalue weighted by molar-refractivity contribution is 5.65. The van der Waals surface area contributed by atoms with E-state index in [2.05, 4.69) is 5.32 Å². The molecule has 0 aromatic rings. The van der Waals surface area contributed by atoms with Gasteiger partial charge in [0.25, 0.3) is 5.92 Å². The number of halogens is 2. The number of rotatable bonds is 2. The predicted octanol–water partition coefficient (Wildman–Crippen LogP) is 1.13. The van der Waals surface area contributed by atoms with Gasteiger partial charge in [-0.1, -0.05) is 0 Å². The molecule has 2 N–H and O–H groups in total. The third-order valence-corrected chi connectivity index (χ3v) is 3.16. The first-order valence-corrected chi connectivity index (χ1v) is 5.08. The topological polar surface area (TPSA) is 52.6 Å². The fraction of sp³-hybridized carbons (Fsp3) is 0.889. The van der Waals surface area contributed by atoms with E-state index in [0.717, 1.165) is 0 Å². The second kappa shape index (κ2) is 3.59. The smallest absolute Gasteiger partial charge is 0.404 e. The molecule has 1 saturated carbocycles. The Morgan fingerprint density at radius 2 is 2.13 bits per heavy atom. The van der Waals surface area contributed by atoms with Crippen molar-refractivity contribution in [3.8, 4) is 0 Å². The van der Waals surface area contributed by atoms with Crippen LogP contribution in [0.2, 0.25) is 0 Å². The normalized spacial score (nSPS) is 34.8. The van der Waals surface area contributed by atoms with Crippen molar-refractivity contribution >= 4 is 6.09 Å². The average Bonchev–Trinajstić information content (AvgIpc) is 2.37. The van der Waals surface area contributed by atoms with E-state index in [1.165, 1.54) is 0 Å². The number of hydrogen-bond donors (Lipinski definition) is 2. The van der Waals surface area contributed by atoms with Gasteiger partial charge < -0.3 is 10.4 Å². The molecule has 2 rings (SSSR count). The molecule has 0 bridgehead atoms. The van der Waals surface area contributed by atoms with Crippen molar-refractivity contribution in [2.24, 2.45) is 0 Å². The molecule has 0 spiro atoms. The van der Waals surface area contributed by atoms with Crippen LogP contribution in [0.15, 0.2) is 0 Å². The minimum absolute atomic E-state index is 0.0540. The summed E-state index contributed by atoms with van der Waals surface area (Å²) in [6.07, 6.45) is 0.205. The lowest BCUT2D eigenvalue weighted by Gasteiger charge is -2.40. The molecular formula is C9H14F2N2O2. The number of amides is 1. The van der Waals surface area contributed by atoms with E-state index in [4.69, 9.17) is 5.11 Å². The summed E-state index contributed by atoms with van der Waals surface area (Å²) in [5.41, 5.74) is 0. The van der Waals surface area contributed by atoms with Crippen molar-refractivity contribution in [1.82, 2.24) is 10.2 Å². The van der Waals surface area contributed by atoms with Gasteiger partial charge in [0.2, 0.25) is 0 Å². The molecule has 2 fully saturated rings. The van der Waals surface area contributed by atoms with E-state index in [-0.39, 0.29) is 25.0 Å². The minimum atomic E-state index is -2.55. The Hall–Kier alpha value is -0.910. The monoisotopic (exact) mass is 220 g/mol. The number of nitrogens with zero attached hydrogens (tertiary/aromatic N) is 1. The van der Waals surface area contributed by atoms with Crippen molar-refractivity contribution in [1.29, 1.82) is 0 Å². The summed E-state index contributed by atoms with van der Waals surface area (Å²) in [6.45, 7) is 0.259. The molecule has 0 aromatic heterocycles. The lowest BCUT2D eigenvalue weighted by molar-refractivity contribution is -0.000419. The maximum atomic E-state index is 12.9. The van der Waals surface area contributed by atoms with Crippen LogP contribution in [-0.2, 0) is 0 Å². The largest absolute Gasteiger partial charge is 0.465 e. The molecule has 1 saturated heterocycles. The third-order valence-electron chi connectivity index (χ3n) is 3.16. The van der Waals surface area contributed by atoms with Gasteiger partial charge in [0, 0.05) is 25.0 Å². The van der Waals surface area contributed by atoms with Gasteiger partial charge in [-0.15, -0.1) is 0 Å². The van der Waals surface area contributed by atoms with Gasteiger partial charge in [-0.25, -0.2) is 13.6 Å². The van der Waals surface area contributed by atoms with Gasteiger partial charge in [0.15, 0.2) is 0 Å². The summed E-state index contributed by atoms with van der Waals surface area (Å²) in [4.78, 5) is 12.1. The van der Waals surface area contributed by atoms with Crippen LogP contribution in [-0.4, -0.2) is 47.2 Å². The van der Waals surface area contributed by atoms with Crippen LogP contribution in [0, 0.1) is 0 Å². The standard InChI is InChI=1S/C9H14F2N2O2/c10-9(11)1-2-13(5-9)7-3-6(4-7)12-8(14)15/h6-7,12H,1-5H2,(H,14,15). The zero-order valence-electron chi connectivity index (χ0n) is 8.25. The Morgan fingerprint density at radius 3 is 2.60 bits per heavy atom. The van der Waals surface area contributed by atoms with E-state index >= 15 is 0 Å². The summed E-state index contributed by atoms with van der Waals surface area (Å²) in [7, 11) is 0. The SMILES string of the molecule is O=C(O)NC1CC(N2CCC(F)(F)C2)C1. The summed E-state index contributed by atoms with van der Waals surface area (Å²) in [5.74, 6) is -2.55. The summed E-state index contributed by atoms with van der Waals surface area (Å²) in [5, 5.41) is 10.8. The molecule has 6 heteroatoms. The molecule has 15 heavy (non-hydrogen) atoms. The molecule has 2 aliphatic rings. The fourth-order valence-corrected chi connectivity index (χ4v) is 2.25. The number of hydrogen-bond acceptors (Lipinski definition) is 2. The highest BCUT2D eigenvalue weighted by Gasteiger charge is 2.44. The molecule has 0 radical (unpaired) electrons. The van der Waals surface area contributed by atoms with Crippen molar-refractivity contribution in [2.75, 3.05) is 13.1 Å². The zero-order chi connectivity index (χ0) is 11.1.